The second-order valence-electron chi connectivity index (χ2n) is 6.36. The second-order valence-corrected chi connectivity index (χ2v) is 6.36. The molecule has 1 amide bonds. The van der Waals surface area contributed by atoms with Crippen LogP contribution in [0, 0.1) is 0 Å². The molecule has 26 heavy (non-hydrogen) atoms. The standard InChI is InChI=1S/C20H20N4O2/c1-14(19-23-22-18-8-5-13-24(18)19)21-20(25)15-9-11-17(12-10-15)26-16-6-3-2-4-7-16/h2-4,6-7,9-12,14H,5,8,13H2,1H3,(H,21,25). The zero-order valence-electron chi connectivity index (χ0n) is 14.6. The minimum atomic E-state index is -0.193. The molecule has 3 aromatic rings. The smallest absolute Gasteiger partial charge is 0.251 e. The van der Waals surface area contributed by atoms with E-state index in [0.717, 1.165) is 36.8 Å². The molecule has 1 aliphatic rings. The lowest BCUT2D eigenvalue weighted by molar-refractivity contribution is 0.0937. The topological polar surface area (TPSA) is 69.0 Å². The first-order valence-corrected chi connectivity index (χ1v) is 8.76. The Bertz CT molecular complexity index is 903. The maximum Gasteiger partial charge on any atom is 0.251 e. The molecular weight excluding hydrogens is 328 g/mol. The zero-order valence-corrected chi connectivity index (χ0v) is 14.6. The zero-order chi connectivity index (χ0) is 17.9. The van der Waals surface area contributed by atoms with Gasteiger partial charge in [-0.05, 0) is 49.7 Å². The fourth-order valence-electron chi connectivity index (χ4n) is 3.14. The molecule has 0 bridgehead atoms. The molecular formula is C20H20N4O2. The quantitative estimate of drug-likeness (QED) is 0.766. The summed E-state index contributed by atoms with van der Waals surface area (Å²) in [4.78, 5) is 12.5. The third-order valence-electron chi connectivity index (χ3n) is 4.47. The van der Waals surface area contributed by atoms with E-state index in [1.54, 1.807) is 24.3 Å². The summed E-state index contributed by atoms with van der Waals surface area (Å²) in [6.07, 6.45) is 2.04. The van der Waals surface area contributed by atoms with E-state index >= 15 is 0 Å². The first-order chi connectivity index (χ1) is 12.7. The number of nitrogens with zero attached hydrogens (tertiary/aromatic N) is 3. The van der Waals surface area contributed by atoms with Crippen LogP contribution >= 0.6 is 0 Å². The summed E-state index contributed by atoms with van der Waals surface area (Å²) in [5.74, 6) is 3.13. The summed E-state index contributed by atoms with van der Waals surface area (Å²) >= 11 is 0. The number of carbonyl (C=O) groups is 1. The number of hydrogen-bond acceptors (Lipinski definition) is 4. The van der Waals surface area contributed by atoms with Crippen molar-refractivity contribution in [3.63, 3.8) is 0 Å². The maximum atomic E-state index is 12.5. The van der Waals surface area contributed by atoms with Crippen LogP contribution in [0.1, 0.15) is 41.4 Å². The highest BCUT2D eigenvalue weighted by Crippen LogP contribution is 2.22. The average Bonchev–Trinajstić information content (AvgIpc) is 3.26. The normalized spacial score (nSPS) is 13.9. The fourth-order valence-corrected chi connectivity index (χ4v) is 3.14. The number of nitrogens with one attached hydrogen (secondary N) is 1. The molecule has 2 aromatic carbocycles. The van der Waals surface area contributed by atoms with E-state index < -0.39 is 0 Å². The van der Waals surface area contributed by atoms with Gasteiger partial charge in [0.2, 0.25) is 0 Å². The molecule has 0 radical (unpaired) electrons. The molecule has 0 saturated heterocycles. The Balaban J connectivity index is 1.41. The first-order valence-electron chi connectivity index (χ1n) is 8.76. The highest BCUT2D eigenvalue weighted by Gasteiger charge is 2.22. The number of rotatable bonds is 5. The lowest BCUT2D eigenvalue weighted by Gasteiger charge is -2.14. The van der Waals surface area contributed by atoms with Crippen molar-refractivity contribution >= 4 is 5.91 Å². The molecule has 0 saturated carbocycles. The number of ether oxygens (including phenoxy) is 1. The van der Waals surface area contributed by atoms with Crippen molar-refractivity contribution in [2.75, 3.05) is 0 Å². The van der Waals surface area contributed by atoms with E-state index in [9.17, 15) is 4.79 Å². The van der Waals surface area contributed by atoms with Gasteiger partial charge in [-0.1, -0.05) is 18.2 Å². The molecule has 6 heteroatoms. The largest absolute Gasteiger partial charge is 0.457 e. The van der Waals surface area contributed by atoms with Gasteiger partial charge in [-0.15, -0.1) is 10.2 Å². The fraction of sp³-hybridized carbons (Fsp3) is 0.250. The average molecular weight is 348 g/mol. The lowest BCUT2D eigenvalue weighted by atomic mass is 10.2. The molecule has 0 spiro atoms. The van der Waals surface area contributed by atoms with Gasteiger partial charge in [0.05, 0.1) is 6.04 Å². The van der Waals surface area contributed by atoms with Crippen LogP contribution < -0.4 is 10.1 Å². The summed E-state index contributed by atoms with van der Waals surface area (Å²) in [7, 11) is 0. The van der Waals surface area contributed by atoms with Crippen molar-refractivity contribution in [2.24, 2.45) is 0 Å². The van der Waals surface area contributed by atoms with Crippen LogP contribution in [0.3, 0.4) is 0 Å². The lowest BCUT2D eigenvalue weighted by Crippen LogP contribution is -2.28. The van der Waals surface area contributed by atoms with Gasteiger partial charge in [0.15, 0.2) is 5.82 Å². The van der Waals surface area contributed by atoms with Crippen LogP contribution in [0.4, 0.5) is 0 Å². The Morgan fingerprint density at radius 2 is 1.81 bits per heavy atom. The molecule has 0 fully saturated rings. The van der Waals surface area contributed by atoms with Crippen molar-refractivity contribution in [3.8, 4) is 11.5 Å². The van der Waals surface area contributed by atoms with E-state index in [0.29, 0.717) is 11.3 Å². The molecule has 132 valence electrons. The Morgan fingerprint density at radius 3 is 2.58 bits per heavy atom. The minimum absolute atomic E-state index is 0.140. The van der Waals surface area contributed by atoms with E-state index in [2.05, 4.69) is 20.1 Å². The summed E-state index contributed by atoms with van der Waals surface area (Å²) in [5, 5.41) is 11.4. The number of aryl methyl sites for hydroxylation is 1. The number of hydrogen-bond donors (Lipinski definition) is 1. The molecule has 1 atom stereocenters. The Hall–Kier alpha value is -3.15. The first kappa shape index (κ1) is 16.3. The maximum absolute atomic E-state index is 12.5. The highest BCUT2D eigenvalue weighted by molar-refractivity contribution is 5.94. The van der Waals surface area contributed by atoms with Gasteiger partial charge in [0.1, 0.15) is 17.3 Å². The van der Waals surface area contributed by atoms with Crippen molar-refractivity contribution in [2.45, 2.75) is 32.4 Å². The second kappa shape index (κ2) is 7.00. The van der Waals surface area contributed by atoms with Crippen LogP contribution in [0.25, 0.3) is 0 Å². The molecule has 1 aromatic heterocycles. The Morgan fingerprint density at radius 1 is 1.08 bits per heavy atom. The van der Waals surface area contributed by atoms with Crippen LogP contribution in [0.15, 0.2) is 54.6 Å². The minimum Gasteiger partial charge on any atom is -0.457 e. The van der Waals surface area contributed by atoms with Gasteiger partial charge in [0.25, 0.3) is 5.91 Å². The molecule has 2 heterocycles. The molecule has 6 nitrogen and oxygen atoms in total. The number of benzene rings is 2. The Kier molecular flexibility index (Phi) is 4.39. The molecule has 4 rings (SSSR count). The molecule has 1 aliphatic heterocycles. The highest BCUT2D eigenvalue weighted by atomic mass is 16.5. The van der Waals surface area contributed by atoms with Gasteiger partial charge >= 0.3 is 0 Å². The monoisotopic (exact) mass is 348 g/mol. The van der Waals surface area contributed by atoms with E-state index in [1.165, 1.54) is 0 Å². The third kappa shape index (κ3) is 3.31. The predicted octanol–water partition coefficient (Wildman–Crippen LogP) is 3.51. The van der Waals surface area contributed by atoms with Gasteiger partial charge in [-0.25, -0.2) is 0 Å². The summed E-state index contributed by atoms with van der Waals surface area (Å²) < 4.78 is 7.85. The van der Waals surface area contributed by atoms with Crippen molar-refractivity contribution in [1.82, 2.24) is 20.1 Å². The number of carbonyl (C=O) groups excluding carboxylic acids is 1. The summed E-state index contributed by atoms with van der Waals surface area (Å²) in [5.41, 5.74) is 0.582. The summed E-state index contributed by atoms with van der Waals surface area (Å²) in [6, 6.07) is 16.5. The number of aromatic nitrogens is 3. The predicted molar refractivity (Wildman–Crippen MR) is 97.2 cm³/mol. The number of fused-ring (bicyclic) bond motifs is 1. The van der Waals surface area contributed by atoms with Gasteiger partial charge < -0.3 is 14.6 Å². The molecule has 1 N–H and O–H groups in total. The van der Waals surface area contributed by atoms with Gasteiger partial charge in [-0.2, -0.15) is 0 Å². The van der Waals surface area contributed by atoms with Gasteiger partial charge in [-0.3, -0.25) is 4.79 Å². The SMILES string of the molecule is CC(NC(=O)c1ccc(Oc2ccccc2)cc1)c1nnc2n1CCC2. The van der Waals surface area contributed by atoms with Crippen molar-refractivity contribution < 1.29 is 9.53 Å². The van der Waals surface area contributed by atoms with E-state index in [1.807, 2.05) is 37.3 Å². The van der Waals surface area contributed by atoms with Crippen LogP contribution in [0.2, 0.25) is 0 Å². The van der Waals surface area contributed by atoms with Gasteiger partial charge in [0, 0.05) is 18.5 Å². The van der Waals surface area contributed by atoms with Crippen LogP contribution in [-0.4, -0.2) is 20.7 Å². The molecule has 0 aliphatic carbocycles. The van der Waals surface area contributed by atoms with Crippen molar-refractivity contribution in [1.29, 1.82) is 0 Å². The van der Waals surface area contributed by atoms with Crippen LogP contribution in [0.5, 0.6) is 11.5 Å². The molecule has 1 unspecified atom stereocenters. The number of amides is 1. The third-order valence-corrected chi connectivity index (χ3v) is 4.47. The van der Waals surface area contributed by atoms with E-state index in [-0.39, 0.29) is 11.9 Å². The Labute approximate surface area is 151 Å². The number of para-hydroxylation sites is 1. The summed E-state index contributed by atoms with van der Waals surface area (Å²) in [6.45, 7) is 2.85. The van der Waals surface area contributed by atoms with Crippen molar-refractivity contribution in [3.05, 3.63) is 71.8 Å². The van der Waals surface area contributed by atoms with Crippen LogP contribution in [-0.2, 0) is 13.0 Å². The van der Waals surface area contributed by atoms with E-state index in [4.69, 9.17) is 4.74 Å².